The van der Waals surface area contributed by atoms with E-state index >= 15 is 0 Å². The highest BCUT2D eigenvalue weighted by Crippen LogP contribution is 2.45. The zero-order chi connectivity index (χ0) is 27.5. The molecule has 5 rings (SSSR count). The topological polar surface area (TPSA) is 108 Å². The first kappa shape index (κ1) is 25.4. The minimum Gasteiger partial charge on any atom is -0.508 e. The van der Waals surface area contributed by atoms with Gasteiger partial charge in [-0.1, -0.05) is 36.4 Å². The summed E-state index contributed by atoms with van der Waals surface area (Å²) >= 11 is 0. The maximum atomic E-state index is 13.5. The third-order valence-corrected chi connectivity index (χ3v) is 6.53. The predicted molar refractivity (Wildman–Crippen MR) is 149 cm³/mol. The van der Waals surface area contributed by atoms with Gasteiger partial charge in [0.05, 0.1) is 25.8 Å². The Bertz CT molecular complexity index is 1520. The molecule has 4 aromatic rings. The summed E-state index contributed by atoms with van der Waals surface area (Å²) in [5.74, 6) is -1.50. The number of nitrogens with one attached hydrogen (secondary N) is 1. The number of anilines is 3. The van der Waals surface area contributed by atoms with Crippen LogP contribution >= 0.6 is 0 Å². The van der Waals surface area contributed by atoms with Crippen molar-refractivity contribution in [2.45, 2.75) is 6.04 Å². The molecule has 1 aliphatic heterocycles. The first-order chi connectivity index (χ1) is 18.9. The standard InChI is InChI=1S/C31H26N2O6/c1-38-24-9-6-10-25(39-2)26(24)29(35)27-28(19-11-17-23(34)18-12-19)33(31(37)30(27)36)22-15-13-21(14-16-22)32-20-7-4-3-5-8-20/h3-18,28,32,34-35H,1-2H3/b29-27+. The fourth-order valence-corrected chi connectivity index (χ4v) is 4.68. The molecule has 0 aromatic heterocycles. The molecule has 1 fully saturated rings. The molecular formula is C31H26N2O6. The normalized spacial score (nSPS) is 16.3. The Labute approximate surface area is 225 Å². The van der Waals surface area contributed by atoms with Gasteiger partial charge in [-0.25, -0.2) is 0 Å². The van der Waals surface area contributed by atoms with Crippen molar-refractivity contribution >= 4 is 34.5 Å². The van der Waals surface area contributed by atoms with Gasteiger partial charge in [0.25, 0.3) is 11.7 Å². The second-order valence-corrected chi connectivity index (χ2v) is 8.84. The Kier molecular flexibility index (Phi) is 6.93. The Balaban J connectivity index is 1.64. The van der Waals surface area contributed by atoms with Crippen molar-refractivity contribution in [3.8, 4) is 17.2 Å². The Hall–Kier alpha value is -5.24. The number of rotatable bonds is 7. The van der Waals surface area contributed by atoms with Crippen LogP contribution in [0.5, 0.6) is 17.2 Å². The number of hydrogen-bond donors (Lipinski definition) is 3. The van der Waals surface area contributed by atoms with Gasteiger partial charge in [0, 0.05) is 17.1 Å². The van der Waals surface area contributed by atoms with Gasteiger partial charge in [-0.05, 0) is 66.2 Å². The zero-order valence-electron chi connectivity index (χ0n) is 21.3. The summed E-state index contributed by atoms with van der Waals surface area (Å²) in [6, 6.07) is 26.8. The Morgan fingerprint density at radius 2 is 1.36 bits per heavy atom. The van der Waals surface area contributed by atoms with Gasteiger partial charge in [-0.2, -0.15) is 0 Å². The number of Topliss-reactive ketones (excluding diaryl/α,β-unsaturated/α-hetero) is 1. The van der Waals surface area contributed by atoms with E-state index in [1.165, 1.54) is 31.3 Å². The lowest BCUT2D eigenvalue weighted by Crippen LogP contribution is -2.29. The third kappa shape index (κ3) is 4.75. The van der Waals surface area contributed by atoms with Gasteiger partial charge in [0.2, 0.25) is 0 Å². The van der Waals surface area contributed by atoms with Crippen molar-refractivity contribution in [3.63, 3.8) is 0 Å². The minimum atomic E-state index is -0.979. The van der Waals surface area contributed by atoms with E-state index in [9.17, 15) is 19.8 Å². The first-order valence-corrected chi connectivity index (χ1v) is 12.2. The van der Waals surface area contributed by atoms with Crippen LogP contribution in [0.3, 0.4) is 0 Å². The van der Waals surface area contributed by atoms with E-state index in [0.29, 0.717) is 11.3 Å². The highest BCUT2D eigenvalue weighted by molar-refractivity contribution is 6.51. The molecule has 1 atom stereocenters. The van der Waals surface area contributed by atoms with Crippen molar-refractivity contribution in [1.82, 2.24) is 0 Å². The molecule has 3 N–H and O–H groups in total. The maximum absolute atomic E-state index is 13.5. The number of hydrogen-bond acceptors (Lipinski definition) is 7. The van der Waals surface area contributed by atoms with E-state index in [0.717, 1.165) is 11.4 Å². The van der Waals surface area contributed by atoms with Crippen LogP contribution < -0.4 is 19.7 Å². The SMILES string of the molecule is COc1cccc(OC)c1/C(O)=C1\C(=O)C(=O)N(c2ccc(Nc3ccccc3)cc2)C1c1ccc(O)cc1. The van der Waals surface area contributed by atoms with E-state index in [1.54, 1.807) is 54.6 Å². The fraction of sp³-hybridized carbons (Fsp3) is 0.0968. The van der Waals surface area contributed by atoms with Crippen LogP contribution in [0.2, 0.25) is 0 Å². The molecule has 0 spiro atoms. The van der Waals surface area contributed by atoms with Crippen LogP contribution in [0.25, 0.3) is 5.76 Å². The van der Waals surface area contributed by atoms with Crippen molar-refractivity contribution in [2.24, 2.45) is 0 Å². The largest absolute Gasteiger partial charge is 0.508 e. The van der Waals surface area contributed by atoms with Crippen molar-refractivity contribution in [2.75, 3.05) is 24.4 Å². The molecular weight excluding hydrogens is 496 g/mol. The fourth-order valence-electron chi connectivity index (χ4n) is 4.68. The monoisotopic (exact) mass is 522 g/mol. The number of para-hydroxylation sites is 1. The van der Waals surface area contributed by atoms with Gasteiger partial charge in [-0.15, -0.1) is 0 Å². The van der Waals surface area contributed by atoms with Crippen molar-refractivity contribution in [1.29, 1.82) is 0 Å². The molecule has 1 amide bonds. The highest BCUT2D eigenvalue weighted by atomic mass is 16.5. The quantitative estimate of drug-likeness (QED) is 0.160. The Morgan fingerprint density at radius 3 is 1.95 bits per heavy atom. The number of nitrogens with zero attached hydrogens (tertiary/aromatic N) is 1. The van der Waals surface area contributed by atoms with Crippen LogP contribution in [0.15, 0.2) is 103 Å². The molecule has 4 aromatic carbocycles. The molecule has 0 aliphatic carbocycles. The number of methoxy groups -OCH3 is 2. The summed E-state index contributed by atoms with van der Waals surface area (Å²) < 4.78 is 10.9. The molecule has 0 radical (unpaired) electrons. The lowest BCUT2D eigenvalue weighted by atomic mass is 9.94. The molecule has 196 valence electrons. The number of ketones is 1. The van der Waals surface area contributed by atoms with E-state index in [4.69, 9.17) is 9.47 Å². The molecule has 8 heteroatoms. The molecule has 1 saturated heterocycles. The summed E-state index contributed by atoms with van der Waals surface area (Å²) in [4.78, 5) is 28.3. The number of phenolic OH excluding ortho intramolecular Hbond substituents is 1. The van der Waals surface area contributed by atoms with Crippen LogP contribution in [-0.2, 0) is 9.59 Å². The summed E-state index contributed by atoms with van der Waals surface area (Å²) in [7, 11) is 2.87. The smallest absolute Gasteiger partial charge is 0.300 e. The third-order valence-electron chi connectivity index (χ3n) is 6.53. The number of phenols is 1. The second kappa shape index (κ2) is 10.6. The zero-order valence-corrected chi connectivity index (χ0v) is 21.3. The summed E-state index contributed by atoms with van der Waals surface area (Å²) in [6.07, 6.45) is 0. The molecule has 8 nitrogen and oxygen atoms in total. The Morgan fingerprint density at radius 1 is 0.769 bits per heavy atom. The maximum Gasteiger partial charge on any atom is 0.300 e. The molecule has 39 heavy (non-hydrogen) atoms. The highest BCUT2D eigenvalue weighted by Gasteiger charge is 2.47. The second-order valence-electron chi connectivity index (χ2n) is 8.84. The van der Waals surface area contributed by atoms with Crippen LogP contribution in [0, 0.1) is 0 Å². The van der Waals surface area contributed by atoms with Crippen LogP contribution in [0.4, 0.5) is 17.1 Å². The first-order valence-electron chi connectivity index (χ1n) is 12.2. The minimum absolute atomic E-state index is 0.0263. The van der Waals surface area contributed by atoms with Gasteiger partial charge >= 0.3 is 0 Å². The number of carbonyl (C=O) groups is 2. The van der Waals surface area contributed by atoms with E-state index in [-0.39, 0.29) is 28.4 Å². The molecule has 1 unspecified atom stereocenters. The van der Waals surface area contributed by atoms with Crippen LogP contribution in [0.1, 0.15) is 17.2 Å². The molecule has 1 aliphatic rings. The molecule has 0 bridgehead atoms. The number of amides is 1. The number of ether oxygens (including phenoxy) is 2. The van der Waals surface area contributed by atoms with Gasteiger partial charge in [0.15, 0.2) is 0 Å². The van der Waals surface area contributed by atoms with Crippen LogP contribution in [-0.4, -0.2) is 36.1 Å². The van der Waals surface area contributed by atoms with E-state index in [1.807, 2.05) is 30.3 Å². The summed E-state index contributed by atoms with van der Waals surface area (Å²) in [5, 5.41) is 24.7. The lowest BCUT2D eigenvalue weighted by Gasteiger charge is -2.26. The molecule has 1 heterocycles. The lowest BCUT2D eigenvalue weighted by molar-refractivity contribution is -0.132. The number of carbonyl (C=O) groups excluding carboxylic acids is 2. The predicted octanol–water partition coefficient (Wildman–Crippen LogP) is 5.78. The number of aliphatic hydroxyl groups excluding tert-OH is 1. The summed E-state index contributed by atoms with van der Waals surface area (Å²) in [6.45, 7) is 0. The summed E-state index contributed by atoms with van der Waals surface area (Å²) in [5.41, 5.74) is 2.71. The number of aromatic hydroxyl groups is 1. The number of aliphatic hydroxyl groups is 1. The van der Waals surface area contributed by atoms with Crippen molar-refractivity contribution in [3.05, 3.63) is 114 Å². The van der Waals surface area contributed by atoms with Gasteiger partial charge in [-0.3, -0.25) is 14.5 Å². The van der Waals surface area contributed by atoms with Crippen molar-refractivity contribution < 1.29 is 29.3 Å². The van der Waals surface area contributed by atoms with Gasteiger partial charge < -0.3 is 25.0 Å². The van der Waals surface area contributed by atoms with E-state index in [2.05, 4.69) is 5.32 Å². The number of benzene rings is 4. The average molecular weight is 523 g/mol. The molecule has 0 saturated carbocycles. The van der Waals surface area contributed by atoms with Gasteiger partial charge in [0.1, 0.15) is 28.6 Å². The van der Waals surface area contributed by atoms with E-state index < -0.39 is 23.5 Å². The average Bonchev–Trinajstić information content (AvgIpc) is 3.23.